The van der Waals surface area contributed by atoms with E-state index in [0.29, 0.717) is 27.4 Å². The second-order valence-electron chi connectivity index (χ2n) is 5.29. The number of fused-ring (bicyclic) bond motifs is 2. The van der Waals surface area contributed by atoms with Gasteiger partial charge in [-0.3, -0.25) is 14.2 Å². The number of ketones is 2. The molecule has 0 saturated heterocycles. The maximum Gasteiger partial charge on any atom is 0.236 e. The summed E-state index contributed by atoms with van der Waals surface area (Å²) in [6.07, 6.45) is 1.71. The molecule has 0 bridgehead atoms. The Morgan fingerprint density at radius 3 is 2.14 bits per heavy atom. The zero-order chi connectivity index (χ0) is 15.9. The molecular weight excluding hydrogens is 300 g/mol. The molecule has 0 aliphatic heterocycles. The van der Waals surface area contributed by atoms with E-state index < -0.39 is 0 Å². The third-order valence-corrected chi connectivity index (χ3v) is 3.82. The van der Waals surface area contributed by atoms with E-state index >= 15 is 0 Å². The van der Waals surface area contributed by atoms with Crippen LogP contribution >= 0.6 is 11.6 Å². The molecule has 2 aromatic carbocycles. The first kappa shape index (κ1) is 14.5. The zero-order valence-corrected chi connectivity index (χ0v) is 12.9. The number of hydrogen-bond acceptors (Lipinski definition) is 2. The predicted octanol–water partition coefficient (Wildman–Crippen LogP) is 2.83. The lowest BCUT2D eigenvalue weighted by Crippen LogP contribution is -2.23. The van der Waals surface area contributed by atoms with Gasteiger partial charge in [-0.1, -0.05) is 35.9 Å². The highest BCUT2D eigenvalue weighted by Gasteiger charge is 2.34. The quantitative estimate of drug-likeness (QED) is 0.449. The summed E-state index contributed by atoms with van der Waals surface area (Å²) in [5.41, 5.74) is 1.98. The first-order chi connectivity index (χ1) is 10.5. The van der Waals surface area contributed by atoms with Crippen LogP contribution in [0.2, 0.25) is 5.02 Å². The Labute approximate surface area is 133 Å². The van der Waals surface area contributed by atoms with Crippen LogP contribution < -0.4 is 5.32 Å². The highest BCUT2D eigenvalue weighted by molar-refractivity contribution is 6.40. The molecule has 0 radical (unpaired) electrons. The average molecular weight is 314 g/mol. The molecule has 0 heterocycles. The fraction of sp³-hybridized carbons (Fsp3) is 0.118. The SMILES string of the molecule is C[N+](C)=CNc1ccc(Cl)c2c1C(=O)c1ccccc1C2=O. The minimum atomic E-state index is -0.219. The van der Waals surface area contributed by atoms with E-state index in [2.05, 4.69) is 5.32 Å². The molecule has 2 aromatic rings. The number of nitrogens with zero attached hydrogens (tertiary/aromatic N) is 1. The Kier molecular flexibility index (Phi) is 3.54. The van der Waals surface area contributed by atoms with Crippen molar-refractivity contribution in [3.05, 3.63) is 63.7 Å². The summed E-state index contributed by atoms with van der Waals surface area (Å²) in [7, 11) is 3.72. The number of halogens is 1. The number of nitrogens with one attached hydrogen (secondary N) is 1. The maximum absolute atomic E-state index is 12.8. The monoisotopic (exact) mass is 313 g/mol. The molecule has 0 unspecified atom stereocenters. The average Bonchev–Trinajstić information content (AvgIpc) is 2.51. The summed E-state index contributed by atoms with van der Waals surface area (Å²) in [4.78, 5) is 25.5. The third-order valence-electron chi connectivity index (χ3n) is 3.50. The van der Waals surface area contributed by atoms with Gasteiger partial charge in [-0.2, -0.15) is 0 Å². The van der Waals surface area contributed by atoms with E-state index in [9.17, 15) is 9.59 Å². The number of rotatable bonds is 2. The van der Waals surface area contributed by atoms with Crippen molar-refractivity contribution in [1.82, 2.24) is 0 Å². The van der Waals surface area contributed by atoms with E-state index in [0.717, 1.165) is 0 Å². The van der Waals surface area contributed by atoms with Crippen molar-refractivity contribution >= 4 is 35.2 Å². The molecule has 3 rings (SSSR count). The largest absolute Gasteiger partial charge is 0.289 e. The number of carbonyl (C=O) groups is 2. The fourth-order valence-electron chi connectivity index (χ4n) is 2.50. The molecule has 0 amide bonds. The van der Waals surface area contributed by atoms with Gasteiger partial charge in [0.2, 0.25) is 6.34 Å². The molecule has 1 N–H and O–H groups in total. The molecule has 1 aliphatic rings. The minimum absolute atomic E-state index is 0.192. The van der Waals surface area contributed by atoms with E-state index in [1.807, 2.05) is 18.7 Å². The predicted molar refractivity (Wildman–Crippen MR) is 86.6 cm³/mol. The molecule has 0 aromatic heterocycles. The van der Waals surface area contributed by atoms with Crippen LogP contribution in [-0.2, 0) is 0 Å². The Hall–Kier alpha value is -2.46. The van der Waals surface area contributed by atoms with Crippen LogP contribution in [0.3, 0.4) is 0 Å². The Bertz CT molecular complexity index is 837. The second-order valence-corrected chi connectivity index (χ2v) is 5.69. The lowest BCUT2D eigenvalue weighted by atomic mass is 9.83. The van der Waals surface area contributed by atoms with Crippen LogP contribution in [-0.4, -0.2) is 36.6 Å². The van der Waals surface area contributed by atoms with E-state index in [-0.39, 0.29) is 17.1 Å². The Morgan fingerprint density at radius 1 is 0.955 bits per heavy atom. The van der Waals surface area contributed by atoms with Crippen molar-refractivity contribution in [3.63, 3.8) is 0 Å². The van der Waals surface area contributed by atoms with Crippen molar-refractivity contribution in [2.75, 3.05) is 19.4 Å². The number of carbonyl (C=O) groups excluding carboxylic acids is 2. The number of benzene rings is 2. The van der Waals surface area contributed by atoms with Gasteiger partial charge in [0.25, 0.3) is 0 Å². The summed E-state index contributed by atoms with van der Waals surface area (Å²) < 4.78 is 1.81. The molecular formula is C17H14ClN2O2+. The van der Waals surface area contributed by atoms with Crippen LogP contribution in [0.25, 0.3) is 0 Å². The van der Waals surface area contributed by atoms with Gasteiger partial charge >= 0.3 is 0 Å². The summed E-state index contributed by atoms with van der Waals surface area (Å²) in [5.74, 6) is -0.411. The van der Waals surface area contributed by atoms with Crippen molar-refractivity contribution in [1.29, 1.82) is 0 Å². The summed E-state index contributed by atoms with van der Waals surface area (Å²) >= 11 is 6.18. The molecule has 0 atom stereocenters. The van der Waals surface area contributed by atoms with Gasteiger partial charge in [0, 0.05) is 11.1 Å². The van der Waals surface area contributed by atoms with Crippen molar-refractivity contribution in [2.45, 2.75) is 0 Å². The first-order valence-electron chi connectivity index (χ1n) is 6.78. The molecule has 4 nitrogen and oxygen atoms in total. The molecule has 110 valence electrons. The lowest BCUT2D eigenvalue weighted by molar-refractivity contribution is -0.459. The van der Waals surface area contributed by atoms with Gasteiger partial charge in [-0.15, -0.1) is 0 Å². The maximum atomic E-state index is 12.8. The first-order valence-corrected chi connectivity index (χ1v) is 7.15. The molecule has 0 spiro atoms. The van der Waals surface area contributed by atoms with Gasteiger partial charge in [-0.05, 0) is 12.1 Å². The van der Waals surface area contributed by atoms with E-state index in [4.69, 9.17) is 11.6 Å². The summed E-state index contributed by atoms with van der Waals surface area (Å²) in [5, 5.41) is 3.34. The molecule has 22 heavy (non-hydrogen) atoms. The highest BCUT2D eigenvalue weighted by Crippen LogP contribution is 2.35. The van der Waals surface area contributed by atoms with E-state index in [1.165, 1.54) is 0 Å². The van der Waals surface area contributed by atoms with Crippen LogP contribution in [0.4, 0.5) is 5.69 Å². The standard InChI is InChI=1S/C17H13ClN2O2/c1-20(2)9-19-13-8-7-12(18)14-15(13)17(22)11-6-4-3-5-10(11)16(14)21/h3-9H,1-2H3/p+1. The van der Waals surface area contributed by atoms with Gasteiger partial charge in [0.15, 0.2) is 11.6 Å². The zero-order valence-electron chi connectivity index (χ0n) is 12.2. The normalized spacial score (nSPS) is 12.5. The van der Waals surface area contributed by atoms with Gasteiger partial charge < -0.3 is 0 Å². The number of hydrogen-bond donors (Lipinski definition) is 1. The van der Waals surface area contributed by atoms with Crippen LogP contribution in [0.15, 0.2) is 36.4 Å². The Morgan fingerprint density at radius 2 is 1.55 bits per heavy atom. The van der Waals surface area contributed by atoms with Crippen molar-refractivity contribution in [3.8, 4) is 0 Å². The summed E-state index contributed by atoms with van der Waals surface area (Å²) in [6.45, 7) is 0. The fourth-order valence-corrected chi connectivity index (χ4v) is 2.75. The molecule has 0 fully saturated rings. The summed E-state index contributed by atoms with van der Waals surface area (Å²) in [6, 6.07) is 10.1. The van der Waals surface area contributed by atoms with Crippen molar-refractivity contribution < 1.29 is 14.2 Å². The highest BCUT2D eigenvalue weighted by atomic mass is 35.5. The van der Waals surface area contributed by atoms with Crippen LogP contribution in [0, 0.1) is 0 Å². The van der Waals surface area contributed by atoms with E-state index in [1.54, 1.807) is 42.7 Å². The van der Waals surface area contributed by atoms with Crippen LogP contribution in [0.5, 0.6) is 0 Å². The third kappa shape index (κ3) is 2.22. The minimum Gasteiger partial charge on any atom is -0.289 e. The molecule has 1 aliphatic carbocycles. The topological polar surface area (TPSA) is 49.2 Å². The smallest absolute Gasteiger partial charge is 0.236 e. The van der Waals surface area contributed by atoms with Crippen LogP contribution in [0.1, 0.15) is 31.8 Å². The van der Waals surface area contributed by atoms with Gasteiger partial charge in [0.1, 0.15) is 5.69 Å². The van der Waals surface area contributed by atoms with Crippen molar-refractivity contribution in [2.24, 2.45) is 0 Å². The number of anilines is 1. The second kappa shape index (κ2) is 5.39. The Balaban J connectivity index is 2.25. The van der Waals surface area contributed by atoms with Gasteiger partial charge in [0.05, 0.1) is 30.2 Å². The lowest BCUT2D eigenvalue weighted by Gasteiger charge is -2.19. The molecule has 0 saturated carbocycles. The molecule has 5 heteroatoms. The van der Waals surface area contributed by atoms with Gasteiger partial charge in [-0.25, -0.2) is 5.32 Å².